The number of rotatable bonds is 6. The highest BCUT2D eigenvalue weighted by atomic mass is 16.2. The standard InChI is InChI=1S/C16H24N2O/c1-3-12(2)15(17)16(19)18(14-9-10-14)11-13-7-5-4-6-8-13/h4-8,12,14-15H,3,9-11,17H2,1-2H3. The maximum absolute atomic E-state index is 12.5. The van der Waals surface area contributed by atoms with E-state index in [1.807, 2.05) is 23.1 Å². The molecule has 1 aromatic rings. The van der Waals surface area contributed by atoms with Gasteiger partial charge in [-0.2, -0.15) is 0 Å². The van der Waals surface area contributed by atoms with Gasteiger partial charge in [-0.25, -0.2) is 0 Å². The number of hydrogen-bond acceptors (Lipinski definition) is 2. The average molecular weight is 260 g/mol. The Bertz CT molecular complexity index is 414. The van der Waals surface area contributed by atoms with Gasteiger partial charge in [0.1, 0.15) is 0 Å². The summed E-state index contributed by atoms with van der Waals surface area (Å²) in [5.74, 6) is 0.352. The van der Waals surface area contributed by atoms with Crippen LogP contribution in [0.25, 0.3) is 0 Å². The molecule has 0 aromatic heterocycles. The number of benzene rings is 1. The van der Waals surface area contributed by atoms with Gasteiger partial charge in [-0.3, -0.25) is 4.79 Å². The zero-order valence-corrected chi connectivity index (χ0v) is 11.9. The van der Waals surface area contributed by atoms with E-state index in [9.17, 15) is 4.79 Å². The Labute approximate surface area is 115 Å². The van der Waals surface area contributed by atoms with E-state index in [0.717, 1.165) is 19.3 Å². The first-order chi connectivity index (χ1) is 9.13. The predicted octanol–water partition coefficient (Wildman–Crippen LogP) is 2.55. The number of amides is 1. The normalized spacial score (nSPS) is 17.8. The van der Waals surface area contributed by atoms with Gasteiger partial charge < -0.3 is 10.6 Å². The number of nitrogens with two attached hydrogens (primary N) is 1. The van der Waals surface area contributed by atoms with Gasteiger partial charge in [0.15, 0.2) is 0 Å². The van der Waals surface area contributed by atoms with Crippen molar-refractivity contribution in [2.75, 3.05) is 0 Å². The third-order valence-corrected chi connectivity index (χ3v) is 4.01. The van der Waals surface area contributed by atoms with Gasteiger partial charge in [-0.15, -0.1) is 0 Å². The van der Waals surface area contributed by atoms with Crippen LogP contribution in [0.15, 0.2) is 30.3 Å². The van der Waals surface area contributed by atoms with Crippen molar-refractivity contribution < 1.29 is 4.79 Å². The second-order valence-corrected chi connectivity index (χ2v) is 5.59. The Morgan fingerprint density at radius 2 is 2.00 bits per heavy atom. The summed E-state index contributed by atoms with van der Waals surface area (Å²) in [6.45, 7) is 4.82. The van der Waals surface area contributed by atoms with Gasteiger partial charge in [-0.1, -0.05) is 50.6 Å². The molecule has 2 N–H and O–H groups in total. The van der Waals surface area contributed by atoms with Gasteiger partial charge in [-0.05, 0) is 24.3 Å². The van der Waals surface area contributed by atoms with Gasteiger partial charge in [0.05, 0.1) is 6.04 Å². The van der Waals surface area contributed by atoms with Crippen LogP contribution in [0.3, 0.4) is 0 Å². The molecule has 3 heteroatoms. The molecule has 0 saturated heterocycles. The molecule has 104 valence electrons. The Kier molecular flexibility index (Phi) is 4.59. The van der Waals surface area contributed by atoms with Crippen LogP contribution < -0.4 is 5.73 Å². The lowest BCUT2D eigenvalue weighted by Crippen LogP contribution is -2.47. The number of carbonyl (C=O) groups excluding carboxylic acids is 1. The molecule has 2 rings (SSSR count). The van der Waals surface area contributed by atoms with E-state index in [0.29, 0.717) is 12.6 Å². The van der Waals surface area contributed by atoms with Crippen LogP contribution in [0.5, 0.6) is 0 Å². The molecule has 19 heavy (non-hydrogen) atoms. The molecule has 1 aromatic carbocycles. The molecular formula is C16H24N2O. The lowest BCUT2D eigenvalue weighted by molar-refractivity contribution is -0.135. The summed E-state index contributed by atoms with van der Waals surface area (Å²) in [5, 5.41) is 0. The topological polar surface area (TPSA) is 46.3 Å². The van der Waals surface area contributed by atoms with Crippen LogP contribution in [0.4, 0.5) is 0 Å². The molecule has 0 bridgehead atoms. The highest BCUT2D eigenvalue weighted by Crippen LogP contribution is 2.29. The van der Waals surface area contributed by atoms with E-state index in [1.165, 1.54) is 5.56 Å². The summed E-state index contributed by atoms with van der Waals surface area (Å²) in [6, 6.07) is 10.2. The van der Waals surface area contributed by atoms with Crippen LogP contribution in [0.1, 0.15) is 38.7 Å². The van der Waals surface area contributed by atoms with Crippen molar-refractivity contribution in [1.82, 2.24) is 4.90 Å². The summed E-state index contributed by atoms with van der Waals surface area (Å²) in [5.41, 5.74) is 7.28. The van der Waals surface area contributed by atoms with Crippen molar-refractivity contribution >= 4 is 5.91 Å². The molecule has 0 radical (unpaired) electrons. The van der Waals surface area contributed by atoms with Crippen molar-refractivity contribution in [2.45, 2.75) is 51.7 Å². The zero-order chi connectivity index (χ0) is 13.8. The Hall–Kier alpha value is -1.35. The monoisotopic (exact) mass is 260 g/mol. The Morgan fingerprint density at radius 3 is 2.53 bits per heavy atom. The summed E-state index contributed by atoms with van der Waals surface area (Å²) in [7, 11) is 0. The second kappa shape index (κ2) is 6.20. The number of nitrogens with zero attached hydrogens (tertiary/aromatic N) is 1. The van der Waals surface area contributed by atoms with Crippen molar-refractivity contribution in [2.24, 2.45) is 11.7 Å². The summed E-state index contributed by atoms with van der Waals surface area (Å²) < 4.78 is 0. The molecule has 1 fully saturated rings. The maximum Gasteiger partial charge on any atom is 0.240 e. The minimum Gasteiger partial charge on any atom is -0.334 e. The molecular weight excluding hydrogens is 236 g/mol. The summed E-state index contributed by atoms with van der Waals surface area (Å²) in [4.78, 5) is 14.5. The van der Waals surface area contributed by atoms with E-state index >= 15 is 0 Å². The van der Waals surface area contributed by atoms with Crippen LogP contribution in [0, 0.1) is 5.92 Å². The van der Waals surface area contributed by atoms with Crippen LogP contribution in [-0.2, 0) is 11.3 Å². The lowest BCUT2D eigenvalue weighted by Gasteiger charge is -2.28. The van der Waals surface area contributed by atoms with E-state index in [4.69, 9.17) is 5.73 Å². The van der Waals surface area contributed by atoms with Crippen molar-refractivity contribution in [1.29, 1.82) is 0 Å². The maximum atomic E-state index is 12.5. The van der Waals surface area contributed by atoms with E-state index in [2.05, 4.69) is 26.0 Å². The fourth-order valence-corrected chi connectivity index (χ4v) is 2.24. The minimum atomic E-state index is -0.366. The first-order valence-corrected chi connectivity index (χ1v) is 7.23. The molecule has 1 aliphatic carbocycles. The molecule has 1 aliphatic rings. The molecule has 2 atom stereocenters. The molecule has 2 unspecified atom stereocenters. The largest absolute Gasteiger partial charge is 0.334 e. The van der Waals surface area contributed by atoms with E-state index in [1.54, 1.807) is 0 Å². The van der Waals surface area contributed by atoms with Crippen LogP contribution >= 0.6 is 0 Å². The molecule has 0 heterocycles. The minimum absolute atomic E-state index is 0.112. The first kappa shape index (κ1) is 14.1. The van der Waals surface area contributed by atoms with Gasteiger partial charge in [0, 0.05) is 12.6 Å². The zero-order valence-electron chi connectivity index (χ0n) is 11.9. The second-order valence-electron chi connectivity index (χ2n) is 5.59. The summed E-state index contributed by atoms with van der Waals surface area (Å²) in [6.07, 6.45) is 3.17. The molecule has 1 amide bonds. The SMILES string of the molecule is CCC(C)C(N)C(=O)N(Cc1ccccc1)C1CC1. The van der Waals surface area contributed by atoms with Gasteiger partial charge in [0.2, 0.25) is 5.91 Å². The fraction of sp³-hybridized carbons (Fsp3) is 0.562. The molecule has 3 nitrogen and oxygen atoms in total. The van der Waals surface area contributed by atoms with Crippen LogP contribution in [0.2, 0.25) is 0 Å². The fourth-order valence-electron chi connectivity index (χ4n) is 2.24. The Balaban J connectivity index is 2.06. The number of hydrogen-bond donors (Lipinski definition) is 1. The molecule has 0 aliphatic heterocycles. The summed E-state index contributed by atoms with van der Waals surface area (Å²) >= 11 is 0. The van der Waals surface area contributed by atoms with Gasteiger partial charge in [0.25, 0.3) is 0 Å². The quantitative estimate of drug-likeness (QED) is 0.854. The smallest absolute Gasteiger partial charge is 0.240 e. The van der Waals surface area contributed by atoms with Gasteiger partial charge >= 0.3 is 0 Å². The predicted molar refractivity (Wildman–Crippen MR) is 77.4 cm³/mol. The van der Waals surface area contributed by atoms with Crippen LogP contribution in [-0.4, -0.2) is 22.9 Å². The molecule has 1 saturated carbocycles. The first-order valence-electron chi connectivity index (χ1n) is 7.23. The highest BCUT2D eigenvalue weighted by molar-refractivity contribution is 5.82. The number of carbonyl (C=O) groups is 1. The van der Waals surface area contributed by atoms with Crippen molar-refractivity contribution in [3.63, 3.8) is 0 Å². The highest BCUT2D eigenvalue weighted by Gasteiger charge is 2.35. The third kappa shape index (κ3) is 3.57. The van der Waals surface area contributed by atoms with Crippen molar-refractivity contribution in [3.8, 4) is 0 Å². The average Bonchev–Trinajstić information content (AvgIpc) is 3.28. The van der Waals surface area contributed by atoms with E-state index < -0.39 is 0 Å². The molecule has 0 spiro atoms. The third-order valence-electron chi connectivity index (χ3n) is 4.01. The lowest BCUT2D eigenvalue weighted by atomic mass is 9.98. The van der Waals surface area contributed by atoms with E-state index in [-0.39, 0.29) is 17.9 Å². The Morgan fingerprint density at radius 1 is 1.37 bits per heavy atom. The van der Waals surface area contributed by atoms with Crippen molar-refractivity contribution in [3.05, 3.63) is 35.9 Å².